The molecule has 2 aliphatic rings. The van der Waals surface area contributed by atoms with Crippen molar-refractivity contribution in [1.82, 2.24) is 4.98 Å². The topological polar surface area (TPSA) is 65.5 Å². The van der Waals surface area contributed by atoms with Gasteiger partial charge in [-0.1, -0.05) is 24.3 Å². The molecule has 0 unspecified atom stereocenters. The molecule has 2 N–H and O–H groups in total. The summed E-state index contributed by atoms with van der Waals surface area (Å²) in [4.78, 5) is 19.9. The average Bonchev–Trinajstić information content (AvgIpc) is 2.98. The fourth-order valence-electron chi connectivity index (χ4n) is 2.76. The van der Waals surface area contributed by atoms with Gasteiger partial charge >= 0.3 is 0 Å². The first-order chi connectivity index (χ1) is 9.75. The van der Waals surface area contributed by atoms with Crippen molar-refractivity contribution in [2.24, 2.45) is 4.99 Å². The predicted molar refractivity (Wildman–Crippen MR) is 76.8 cm³/mol. The number of aliphatic imine (C=N–C) groups is 1. The Bertz CT molecular complexity index is 797. The van der Waals surface area contributed by atoms with Crippen LogP contribution in [0.4, 0.5) is 5.69 Å². The molecule has 0 radical (unpaired) electrons. The molecule has 0 saturated heterocycles. The minimum atomic E-state index is -0.140. The zero-order chi connectivity index (χ0) is 13.7. The lowest BCUT2D eigenvalue weighted by Crippen LogP contribution is -2.11. The maximum Gasteiger partial charge on any atom is 0.215 e. The summed E-state index contributed by atoms with van der Waals surface area (Å²) in [6.45, 7) is 0. The first-order valence-electron chi connectivity index (χ1n) is 6.59. The normalized spacial score (nSPS) is 16.0. The number of H-pyrrole nitrogens is 1. The van der Waals surface area contributed by atoms with Gasteiger partial charge in [-0.05, 0) is 25.0 Å². The summed E-state index contributed by atoms with van der Waals surface area (Å²) in [5.74, 6) is -0.0191. The lowest BCUT2D eigenvalue weighted by Gasteiger charge is -2.02. The molecule has 4 nitrogen and oxygen atoms in total. The van der Waals surface area contributed by atoms with E-state index in [1.165, 1.54) is 0 Å². The summed E-state index contributed by atoms with van der Waals surface area (Å²) in [5.41, 5.74) is 3.72. The van der Waals surface area contributed by atoms with Crippen molar-refractivity contribution in [1.29, 1.82) is 0 Å². The van der Waals surface area contributed by atoms with Crippen LogP contribution in [0.3, 0.4) is 0 Å². The molecule has 0 spiro atoms. The second-order valence-electron chi connectivity index (χ2n) is 4.99. The lowest BCUT2D eigenvalue weighted by molar-refractivity contribution is 0.107. The van der Waals surface area contributed by atoms with Crippen LogP contribution >= 0.6 is 0 Å². The minimum Gasteiger partial charge on any atom is -0.505 e. The molecule has 2 aromatic rings. The molecule has 1 aromatic carbocycles. The number of fused-ring (bicyclic) bond motifs is 2. The van der Waals surface area contributed by atoms with Gasteiger partial charge in [-0.15, -0.1) is 0 Å². The summed E-state index contributed by atoms with van der Waals surface area (Å²) >= 11 is 0. The first-order valence-corrected chi connectivity index (χ1v) is 6.59. The van der Waals surface area contributed by atoms with Gasteiger partial charge in [0.25, 0.3) is 0 Å². The number of ketones is 1. The van der Waals surface area contributed by atoms with Gasteiger partial charge in [0.15, 0.2) is 0 Å². The fourth-order valence-corrected chi connectivity index (χ4v) is 2.76. The number of carbonyl (C=O) groups is 1. The van der Waals surface area contributed by atoms with Crippen molar-refractivity contribution >= 4 is 23.3 Å². The van der Waals surface area contributed by atoms with Crippen molar-refractivity contribution < 1.29 is 9.90 Å². The molecule has 20 heavy (non-hydrogen) atoms. The van der Waals surface area contributed by atoms with E-state index in [4.69, 9.17) is 0 Å². The van der Waals surface area contributed by atoms with E-state index in [0.717, 1.165) is 24.1 Å². The van der Waals surface area contributed by atoms with E-state index in [1.807, 2.05) is 24.3 Å². The molecule has 4 heteroatoms. The molecule has 98 valence electrons. The molecule has 0 fully saturated rings. The van der Waals surface area contributed by atoms with Gasteiger partial charge in [-0.25, -0.2) is 4.99 Å². The summed E-state index contributed by atoms with van der Waals surface area (Å²) in [5, 5.41) is 10.3. The Morgan fingerprint density at radius 1 is 1.25 bits per heavy atom. The van der Waals surface area contributed by atoms with Crippen LogP contribution in [-0.2, 0) is 6.42 Å². The predicted octanol–water partition coefficient (Wildman–Crippen LogP) is 3.00. The molecule has 2 heterocycles. The molecule has 0 amide bonds. The largest absolute Gasteiger partial charge is 0.505 e. The van der Waals surface area contributed by atoms with Crippen molar-refractivity contribution in [2.45, 2.75) is 12.8 Å². The van der Waals surface area contributed by atoms with Gasteiger partial charge in [0.2, 0.25) is 5.78 Å². The maximum atomic E-state index is 12.4. The van der Waals surface area contributed by atoms with Crippen LogP contribution in [0.2, 0.25) is 0 Å². The van der Waals surface area contributed by atoms with Crippen LogP contribution in [0, 0.1) is 0 Å². The van der Waals surface area contributed by atoms with Crippen molar-refractivity contribution in [3.8, 4) is 5.75 Å². The number of aromatic hydroxyl groups is 1. The van der Waals surface area contributed by atoms with Gasteiger partial charge in [-0.2, -0.15) is 0 Å². The van der Waals surface area contributed by atoms with Gasteiger partial charge in [0.1, 0.15) is 17.2 Å². The SMILES string of the molecule is O=C1C(c2[nH]c3c(c2O)C=CCC3)=Nc2ccccc21. The van der Waals surface area contributed by atoms with Crippen LogP contribution in [0.25, 0.3) is 6.08 Å². The second kappa shape index (κ2) is 3.93. The van der Waals surface area contributed by atoms with Gasteiger partial charge in [0.05, 0.1) is 5.69 Å². The molecule has 0 saturated carbocycles. The van der Waals surface area contributed by atoms with Crippen LogP contribution < -0.4 is 0 Å². The highest BCUT2D eigenvalue weighted by atomic mass is 16.3. The monoisotopic (exact) mass is 264 g/mol. The number of allylic oxidation sites excluding steroid dienone is 1. The molecule has 0 atom stereocenters. The Hall–Kier alpha value is -2.62. The van der Waals surface area contributed by atoms with E-state index in [0.29, 0.717) is 22.7 Å². The first kappa shape index (κ1) is 11.2. The third-order valence-corrected chi connectivity index (χ3v) is 3.77. The number of nitrogens with one attached hydrogen (secondary N) is 1. The number of carbonyl (C=O) groups excluding carboxylic acids is 1. The molecular formula is C16H12N2O2. The van der Waals surface area contributed by atoms with E-state index in [9.17, 15) is 9.90 Å². The average molecular weight is 264 g/mol. The van der Waals surface area contributed by atoms with E-state index in [2.05, 4.69) is 9.98 Å². The highest BCUT2D eigenvalue weighted by Gasteiger charge is 2.30. The molecule has 1 aliphatic carbocycles. The van der Waals surface area contributed by atoms with Crippen LogP contribution in [0.1, 0.15) is 33.7 Å². The zero-order valence-corrected chi connectivity index (χ0v) is 10.7. The molecule has 4 rings (SSSR count). The van der Waals surface area contributed by atoms with Gasteiger partial charge in [-0.3, -0.25) is 4.79 Å². The zero-order valence-electron chi connectivity index (χ0n) is 10.7. The van der Waals surface area contributed by atoms with Crippen LogP contribution in [0.5, 0.6) is 5.75 Å². The Morgan fingerprint density at radius 2 is 2.10 bits per heavy atom. The summed E-state index contributed by atoms with van der Waals surface area (Å²) in [6.07, 6.45) is 5.69. The second-order valence-corrected chi connectivity index (χ2v) is 4.99. The highest BCUT2D eigenvalue weighted by molar-refractivity contribution is 6.55. The smallest absolute Gasteiger partial charge is 0.215 e. The number of rotatable bonds is 1. The van der Waals surface area contributed by atoms with E-state index >= 15 is 0 Å². The Balaban J connectivity index is 1.87. The van der Waals surface area contributed by atoms with Crippen LogP contribution in [0.15, 0.2) is 35.3 Å². The quantitative estimate of drug-likeness (QED) is 0.831. The number of Topliss-reactive ketones (excluding diaryl/α,β-unsaturated/α-hetero) is 1. The van der Waals surface area contributed by atoms with E-state index in [-0.39, 0.29) is 11.5 Å². The molecule has 1 aliphatic heterocycles. The van der Waals surface area contributed by atoms with Crippen molar-refractivity contribution in [3.63, 3.8) is 0 Å². The fraction of sp³-hybridized carbons (Fsp3) is 0.125. The third-order valence-electron chi connectivity index (χ3n) is 3.77. The minimum absolute atomic E-state index is 0.121. The van der Waals surface area contributed by atoms with Gasteiger partial charge in [0, 0.05) is 16.8 Å². The van der Waals surface area contributed by atoms with Crippen LogP contribution in [-0.4, -0.2) is 21.6 Å². The highest BCUT2D eigenvalue weighted by Crippen LogP contribution is 2.35. The molecule has 1 aromatic heterocycles. The van der Waals surface area contributed by atoms with Crippen molar-refractivity contribution in [2.75, 3.05) is 0 Å². The third kappa shape index (κ3) is 1.42. The number of aromatic nitrogens is 1. The number of para-hydroxylation sites is 1. The summed E-state index contributed by atoms with van der Waals surface area (Å²) < 4.78 is 0. The number of benzene rings is 1. The van der Waals surface area contributed by atoms with E-state index in [1.54, 1.807) is 12.1 Å². The number of nitrogens with zero attached hydrogens (tertiary/aromatic N) is 1. The Kier molecular flexibility index (Phi) is 2.21. The Labute approximate surface area is 115 Å². The molecule has 0 bridgehead atoms. The number of aryl methyl sites for hydroxylation is 1. The summed E-state index contributed by atoms with van der Waals surface area (Å²) in [6, 6.07) is 7.23. The van der Waals surface area contributed by atoms with E-state index < -0.39 is 0 Å². The molecular weight excluding hydrogens is 252 g/mol. The van der Waals surface area contributed by atoms with Gasteiger partial charge < -0.3 is 10.1 Å². The maximum absolute atomic E-state index is 12.4. The number of hydrogen-bond donors (Lipinski definition) is 2. The standard InChI is InChI=1S/C16H12N2O2/c19-15-9-5-1-3-7-11(9)17-13(15)14-16(20)10-6-2-4-8-12(10)18-14/h1-3,5-7,18,20H,4,8H2. The number of aromatic amines is 1. The number of hydrogen-bond acceptors (Lipinski definition) is 3. The van der Waals surface area contributed by atoms with Crippen molar-refractivity contribution in [3.05, 3.63) is 52.9 Å². The Morgan fingerprint density at radius 3 is 2.90 bits per heavy atom. The lowest BCUT2D eigenvalue weighted by atomic mass is 10.0. The summed E-state index contributed by atoms with van der Waals surface area (Å²) in [7, 11) is 0.